The predicted octanol–water partition coefficient (Wildman–Crippen LogP) is 0.762. The number of aromatic nitrogens is 3. The molecular weight excluding hydrogens is 224 g/mol. The zero-order valence-electron chi connectivity index (χ0n) is 9.55. The topological polar surface area (TPSA) is 100 Å². The number of nitrogens with two attached hydrogens (primary N) is 1. The third-order valence-electron chi connectivity index (χ3n) is 2.14. The lowest BCUT2D eigenvalue weighted by Crippen LogP contribution is -2.01. The molecule has 0 aliphatic carbocycles. The summed E-state index contributed by atoms with van der Waals surface area (Å²) < 4.78 is 15.0. The summed E-state index contributed by atoms with van der Waals surface area (Å²) in [5, 5.41) is 7.65. The third-order valence-corrected chi connectivity index (χ3v) is 2.14. The van der Waals surface area contributed by atoms with Gasteiger partial charge in [-0.05, 0) is 13.0 Å². The van der Waals surface area contributed by atoms with E-state index in [1.807, 2.05) is 0 Å². The third kappa shape index (κ3) is 2.89. The maximum Gasteiger partial charge on any atom is 0.280 e. The Morgan fingerprint density at radius 2 is 2.24 bits per heavy atom. The van der Waals surface area contributed by atoms with Crippen molar-refractivity contribution in [1.82, 2.24) is 15.3 Å². The lowest BCUT2D eigenvalue weighted by atomic mass is 10.3. The van der Waals surface area contributed by atoms with Gasteiger partial charge in [-0.1, -0.05) is 10.3 Å². The fourth-order valence-corrected chi connectivity index (χ4v) is 1.34. The summed E-state index contributed by atoms with van der Waals surface area (Å²) in [7, 11) is 1.58. The zero-order chi connectivity index (χ0) is 12.1. The molecular formula is C10H14N4O3. The molecule has 2 rings (SSSR count). The summed E-state index contributed by atoms with van der Waals surface area (Å²) in [5.41, 5.74) is 5.92. The van der Waals surface area contributed by atoms with Crippen LogP contribution in [0.1, 0.15) is 18.0 Å². The first-order chi connectivity index (χ1) is 8.33. The number of aryl methyl sites for hydroxylation is 1. The fraction of sp³-hybridized carbons (Fsp3) is 0.500. The van der Waals surface area contributed by atoms with Crippen LogP contribution in [0.5, 0.6) is 0 Å². The van der Waals surface area contributed by atoms with Gasteiger partial charge in [-0.2, -0.15) is 4.98 Å². The van der Waals surface area contributed by atoms with Crippen molar-refractivity contribution in [3.05, 3.63) is 17.7 Å². The van der Waals surface area contributed by atoms with E-state index in [1.54, 1.807) is 13.2 Å². The summed E-state index contributed by atoms with van der Waals surface area (Å²) >= 11 is 0. The van der Waals surface area contributed by atoms with Crippen LogP contribution >= 0.6 is 0 Å². The SMILES string of the molecule is COCc1cc(-c2nc(CCCN)no2)no1. The molecule has 2 aromatic heterocycles. The average molecular weight is 238 g/mol. The Hall–Kier alpha value is -1.73. The Kier molecular flexibility index (Phi) is 3.84. The Morgan fingerprint density at radius 1 is 1.35 bits per heavy atom. The number of nitrogens with zero attached hydrogens (tertiary/aromatic N) is 3. The van der Waals surface area contributed by atoms with Crippen LogP contribution in [0.4, 0.5) is 0 Å². The van der Waals surface area contributed by atoms with Crippen molar-refractivity contribution in [2.75, 3.05) is 13.7 Å². The van der Waals surface area contributed by atoms with Crippen LogP contribution in [0.2, 0.25) is 0 Å². The summed E-state index contributed by atoms with van der Waals surface area (Å²) in [6, 6.07) is 1.71. The lowest BCUT2D eigenvalue weighted by Gasteiger charge is -1.88. The van der Waals surface area contributed by atoms with Gasteiger partial charge >= 0.3 is 0 Å². The van der Waals surface area contributed by atoms with Gasteiger partial charge < -0.3 is 19.5 Å². The van der Waals surface area contributed by atoms with Gasteiger partial charge in [-0.3, -0.25) is 0 Å². The molecule has 0 radical (unpaired) electrons. The first-order valence-electron chi connectivity index (χ1n) is 5.31. The zero-order valence-corrected chi connectivity index (χ0v) is 9.55. The summed E-state index contributed by atoms with van der Waals surface area (Å²) in [6.07, 6.45) is 1.52. The monoisotopic (exact) mass is 238 g/mol. The number of hydrogen-bond donors (Lipinski definition) is 1. The van der Waals surface area contributed by atoms with Gasteiger partial charge in [0.25, 0.3) is 5.89 Å². The van der Waals surface area contributed by atoms with Gasteiger partial charge in [-0.25, -0.2) is 0 Å². The summed E-state index contributed by atoms with van der Waals surface area (Å²) in [5.74, 6) is 1.59. The lowest BCUT2D eigenvalue weighted by molar-refractivity contribution is 0.156. The first kappa shape index (κ1) is 11.7. The molecule has 92 valence electrons. The van der Waals surface area contributed by atoms with Gasteiger partial charge in [0.05, 0.1) is 0 Å². The molecule has 0 fully saturated rings. The second kappa shape index (κ2) is 5.55. The van der Waals surface area contributed by atoms with Crippen molar-refractivity contribution in [2.24, 2.45) is 5.73 Å². The predicted molar refractivity (Wildman–Crippen MR) is 57.9 cm³/mol. The summed E-state index contributed by atoms with van der Waals surface area (Å²) in [4.78, 5) is 4.19. The van der Waals surface area contributed by atoms with Crippen LogP contribution in [0.25, 0.3) is 11.6 Å². The Bertz CT molecular complexity index is 466. The van der Waals surface area contributed by atoms with E-state index in [2.05, 4.69) is 15.3 Å². The highest BCUT2D eigenvalue weighted by Crippen LogP contribution is 2.17. The van der Waals surface area contributed by atoms with E-state index < -0.39 is 0 Å². The standard InChI is InChI=1S/C10H14N4O3/c1-15-6-7-5-8(13-16-7)10-12-9(14-17-10)3-2-4-11/h5H,2-4,6,11H2,1H3. The van der Waals surface area contributed by atoms with Crippen molar-refractivity contribution in [3.63, 3.8) is 0 Å². The highest BCUT2D eigenvalue weighted by Gasteiger charge is 2.13. The van der Waals surface area contributed by atoms with E-state index in [0.29, 0.717) is 42.7 Å². The van der Waals surface area contributed by atoms with Crippen molar-refractivity contribution in [3.8, 4) is 11.6 Å². The van der Waals surface area contributed by atoms with Crippen molar-refractivity contribution < 1.29 is 13.8 Å². The van der Waals surface area contributed by atoms with E-state index in [1.165, 1.54) is 0 Å². The molecule has 2 heterocycles. The number of methoxy groups -OCH3 is 1. The Balaban J connectivity index is 2.07. The van der Waals surface area contributed by atoms with Gasteiger partial charge in [0.15, 0.2) is 17.3 Å². The number of ether oxygens (including phenoxy) is 1. The number of hydrogen-bond acceptors (Lipinski definition) is 7. The minimum Gasteiger partial charge on any atom is -0.377 e. The second-order valence-electron chi connectivity index (χ2n) is 3.52. The molecule has 0 aliphatic heterocycles. The van der Waals surface area contributed by atoms with E-state index in [4.69, 9.17) is 19.5 Å². The van der Waals surface area contributed by atoms with E-state index in [0.717, 1.165) is 6.42 Å². The normalized spacial score (nSPS) is 10.9. The highest BCUT2D eigenvalue weighted by molar-refractivity contribution is 5.45. The molecule has 2 aromatic rings. The maximum atomic E-state index is 5.40. The smallest absolute Gasteiger partial charge is 0.280 e. The molecule has 0 saturated carbocycles. The van der Waals surface area contributed by atoms with Crippen LogP contribution in [0.15, 0.2) is 15.1 Å². The fourth-order valence-electron chi connectivity index (χ4n) is 1.34. The van der Waals surface area contributed by atoms with Crippen LogP contribution in [-0.4, -0.2) is 29.0 Å². The van der Waals surface area contributed by atoms with Crippen LogP contribution in [-0.2, 0) is 17.8 Å². The van der Waals surface area contributed by atoms with E-state index in [9.17, 15) is 0 Å². The second-order valence-corrected chi connectivity index (χ2v) is 3.52. The van der Waals surface area contributed by atoms with Gasteiger partial charge in [0, 0.05) is 19.6 Å². The minimum absolute atomic E-state index is 0.350. The molecule has 0 amide bonds. The quantitative estimate of drug-likeness (QED) is 0.792. The van der Waals surface area contributed by atoms with Crippen molar-refractivity contribution >= 4 is 0 Å². The molecule has 7 heteroatoms. The number of rotatable bonds is 6. The molecule has 0 bridgehead atoms. The molecule has 0 spiro atoms. The van der Waals surface area contributed by atoms with Gasteiger partial charge in [-0.15, -0.1) is 0 Å². The van der Waals surface area contributed by atoms with Crippen LogP contribution in [0.3, 0.4) is 0 Å². The first-order valence-corrected chi connectivity index (χ1v) is 5.31. The molecule has 17 heavy (non-hydrogen) atoms. The molecule has 0 aromatic carbocycles. The largest absolute Gasteiger partial charge is 0.377 e. The molecule has 0 atom stereocenters. The minimum atomic E-state index is 0.350. The molecule has 0 unspecified atom stereocenters. The summed E-state index contributed by atoms with van der Waals surface area (Å²) in [6.45, 7) is 0.965. The van der Waals surface area contributed by atoms with Crippen LogP contribution in [0, 0.1) is 0 Å². The van der Waals surface area contributed by atoms with Crippen LogP contribution < -0.4 is 5.73 Å². The average Bonchev–Trinajstić information content (AvgIpc) is 2.95. The maximum absolute atomic E-state index is 5.40. The Morgan fingerprint density at radius 3 is 3.00 bits per heavy atom. The van der Waals surface area contributed by atoms with Crippen molar-refractivity contribution in [2.45, 2.75) is 19.4 Å². The molecule has 0 aliphatic rings. The molecule has 7 nitrogen and oxygen atoms in total. The van der Waals surface area contributed by atoms with E-state index in [-0.39, 0.29) is 0 Å². The molecule has 0 saturated heterocycles. The Labute approximate surface area is 97.9 Å². The van der Waals surface area contributed by atoms with Gasteiger partial charge in [0.2, 0.25) is 0 Å². The van der Waals surface area contributed by atoms with Gasteiger partial charge in [0.1, 0.15) is 6.61 Å². The van der Waals surface area contributed by atoms with E-state index >= 15 is 0 Å². The van der Waals surface area contributed by atoms with Crippen molar-refractivity contribution in [1.29, 1.82) is 0 Å². The molecule has 2 N–H and O–H groups in total. The highest BCUT2D eigenvalue weighted by atomic mass is 16.5.